The van der Waals surface area contributed by atoms with E-state index in [0.29, 0.717) is 12.4 Å². The van der Waals surface area contributed by atoms with Crippen molar-refractivity contribution in [2.45, 2.75) is 13.5 Å². The molecule has 0 atom stereocenters. The first kappa shape index (κ1) is 16.3. The van der Waals surface area contributed by atoms with Gasteiger partial charge < -0.3 is 10.2 Å². The van der Waals surface area contributed by atoms with Gasteiger partial charge in [0.25, 0.3) is 5.91 Å². The van der Waals surface area contributed by atoms with E-state index >= 15 is 0 Å². The van der Waals surface area contributed by atoms with Crippen LogP contribution in [0.3, 0.4) is 0 Å². The van der Waals surface area contributed by atoms with Gasteiger partial charge in [-0.3, -0.25) is 4.79 Å². The van der Waals surface area contributed by atoms with E-state index in [1.807, 2.05) is 38.5 Å². The van der Waals surface area contributed by atoms with Crippen molar-refractivity contribution in [1.29, 1.82) is 0 Å². The first-order valence-electron chi connectivity index (χ1n) is 7.68. The second-order valence-corrected chi connectivity index (χ2v) is 6.74. The van der Waals surface area contributed by atoms with Crippen LogP contribution in [-0.2, 0) is 6.54 Å². The van der Waals surface area contributed by atoms with Crippen molar-refractivity contribution in [2.75, 3.05) is 24.3 Å². The Morgan fingerprint density at radius 1 is 1.21 bits per heavy atom. The first-order valence-corrected chi connectivity index (χ1v) is 8.56. The van der Waals surface area contributed by atoms with Gasteiger partial charge >= 0.3 is 0 Å². The van der Waals surface area contributed by atoms with Crippen LogP contribution >= 0.6 is 11.3 Å². The zero-order valence-electron chi connectivity index (χ0n) is 14.0. The lowest BCUT2D eigenvalue weighted by Gasteiger charge is -2.13. The third-order valence-corrected chi connectivity index (χ3v) is 4.83. The van der Waals surface area contributed by atoms with Crippen LogP contribution < -0.4 is 10.2 Å². The highest BCUT2D eigenvalue weighted by Gasteiger charge is 2.13. The van der Waals surface area contributed by atoms with Crippen molar-refractivity contribution in [2.24, 2.45) is 0 Å². The lowest BCUT2D eigenvalue weighted by Crippen LogP contribution is -2.16. The Morgan fingerprint density at radius 2 is 1.96 bits per heavy atom. The quantitative estimate of drug-likeness (QED) is 0.772. The predicted octanol–water partition coefficient (Wildman–Crippen LogP) is 3.62. The molecule has 1 aromatic carbocycles. The Bertz CT molecular complexity index is 833. The number of carbonyl (C=O) groups is 1. The molecule has 0 radical (unpaired) electrons. The molecule has 3 aromatic rings. The number of nitrogens with one attached hydrogen (secondary N) is 1. The molecule has 6 heteroatoms. The van der Waals surface area contributed by atoms with Crippen molar-refractivity contribution in [3.05, 3.63) is 64.0 Å². The molecule has 0 aliphatic heterocycles. The molecule has 124 valence electrons. The van der Waals surface area contributed by atoms with Crippen molar-refractivity contribution in [1.82, 2.24) is 9.78 Å². The van der Waals surface area contributed by atoms with Crippen LogP contribution in [0.15, 0.2) is 48.0 Å². The summed E-state index contributed by atoms with van der Waals surface area (Å²) in [6, 6.07) is 12.1. The number of amides is 1. The Kier molecular flexibility index (Phi) is 4.66. The zero-order valence-corrected chi connectivity index (χ0v) is 14.8. The molecule has 0 fully saturated rings. The second-order valence-electron chi connectivity index (χ2n) is 5.82. The molecule has 1 N–H and O–H groups in total. The number of anilines is 2. The molecule has 1 amide bonds. The minimum Gasteiger partial charge on any atom is -0.378 e. The minimum atomic E-state index is -0.0906. The van der Waals surface area contributed by atoms with Crippen LogP contribution in [0.2, 0.25) is 0 Å². The van der Waals surface area contributed by atoms with Crippen LogP contribution in [0.5, 0.6) is 0 Å². The number of carbonyl (C=O) groups excluding carboxylic acids is 1. The molecule has 24 heavy (non-hydrogen) atoms. The molecule has 0 bridgehead atoms. The van der Waals surface area contributed by atoms with Gasteiger partial charge in [0.05, 0.1) is 17.6 Å². The van der Waals surface area contributed by atoms with Crippen LogP contribution in [0.4, 0.5) is 11.5 Å². The maximum atomic E-state index is 12.4. The fourth-order valence-corrected chi connectivity index (χ4v) is 3.24. The SMILES string of the molecule is Cc1ccsc1C(=O)Nc1ccnn1Cc1ccc(N(C)C)cc1. The van der Waals surface area contributed by atoms with E-state index in [1.54, 1.807) is 10.9 Å². The number of benzene rings is 1. The van der Waals surface area contributed by atoms with Gasteiger partial charge in [0, 0.05) is 25.8 Å². The van der Waals surface area contributed by atoms with Crippen molar-refractivity contribution in [3.8, 4) is 0 Å². The Morgan fingerprint density at radius 3 is 2.58 bits per heavy atom. The van der Waals surface area contributed by atoms with Crippen molar-refractivity contribution >= 4 is 28.7 Å². The summed E-state index contributed by atoms with van der Waals surface area (Å²) < 4.78 is 1.80. The van der Waals surface area contributed by atoms with Crippen LogP contribution in [-0.4, -0.2) is 29.8 Å². The molecule has 0 saturated heterocycles. The summed E-state index contributed by atoms with van der Waals surface area (Å²) in [6.07, 6.45) is 1.70. The first-order chi connectivity index (χ1) is 11.5. The van der Waals surface area contributed by atoms with E-state index in [0.717, 1.165) is 21.7 Å². The molecule has 0 unspecified atom stereocenters. The molecule has 2 heterocycles. The summed E-state index contributed by atoms with van der Waals surface area (Å²) in [5, 5.41) is 9.19. The molecule has 0 aliphatic rings. The van der Waals surface area contributed by atoms with E-state index in [2.05, 4.69) is 39.6 Å². The number of aromatic nitrogens is 2. The number of nitrogens with zero attached hydrogens (tertiary/aromatic N) is 3. The van der Waals surface area contributed by atoms with E-state index in [-0.39, 0.29) is 5.91 Å². The maximum absolute atomic E-state index is 12.4. The molecule has 0 spiro atoms. The number of aryl methyl sites for hydroxylation is 1. The molecule has 0 saturated carbocycles. The number of thiophene rings is 1. The van der Waals surface area contributed by atoms with E-state index in [1.165, 1.54) is 11.3 Å². The molecule has 3 rings (SSSR count). The molecule has 2 aromatic heterocycles. The summed E-state index contributed by atoms with van der Waals surface area (Å²) in [4.78, 5) is 15.2. The highest BCUT2D eigenvalue weighted by atomic mass is 32.1. The Balaban J connectivity index is 1.73. The van der Waals surface area contributed by atoms with Gasteiger partial charge in [0.2, 0.25) is 0 Å². The largest absolute Gasteiger partial charge is 0.378 e. The van der Waals surface area contributed by atoms with Gasteiger partial charge in [-0.25, -0.2) is 4.68 Å². The molecule has 0 aliphatic carbocycles. The van der Waals surface area contributed by atoms with Gasteiger partial charge in [0.1, 0.15) is 5.82 Å². The molecular formula is C18H20N4OS. The van der Waals surface area contributed by atoms with Crippen LogP contribution in [0.1, 0.15) is 20.8 Å². The fourth-order valence-electron chi connectivity index (χ4n) is 2.42. The molecular weight excluding hydrogens is 320 g/mol. The standard InChI is InChI=1S/C18H20N4OS/c1-13-9-11-24-17(13)18(23)20-16-8-10-19-22(16)12-14-4-6-15(7-5-14)21(2)3/h4-11H,12H2,1-3H3,(H,20,23). The van der Waals surface area contributed by atoms with Gasteiger partial charge in [-0.15, -0.1) is 11.3 Å². The topological polar surface area (TPSA) is 50.2 Å². The average molecular weight is 340 g/mol. The monoisotopic (exact) mass is 340 g/mol. The number of hydrogen-bond acceptors (Lipinski definition) is 4. The smallest absolute Gasteiger partial charge is 0.267 e. The van der Waals surface area contributed by atoms with Gasteiger partial charge in [-0.05, 0) is 41.6 Å². The average Bonchev–Trinajstić information content (AvgIpc) is 3.17. The normalized spacial score (nSPS) is 10.6. The Hall–Kier alpha value is -2.60. The zero-order chi connectivity index (χ0) is 17.1. The highest BCUT2D eigenvalue weighted by molar-refractivity contribution is 7.12. The lowest BCUT2D eigenvalue weighted by atomic mass is 10.2. The third-order valence-electron chi connectivity index (χ3n) is 3.81. The van der Waals surface area contributed by atoms with E-state index in [4.69, 9.17) is 0 Å². The molecule has 5 nitrogen and oxygen atoms in total. The maximum Gasteiger partial charge on any atom is 0.267 e. The third kappa shape index (κ3) is 3.49. The van der Waals surface area contributed by atoms with E-state index < -0.39 is 0 Å². The predicted molar refractivity (Wildman–Crippen MR) is 99.1 cm³/mol. The summed E-state index contributed by atoms with van der Waals surface area (Å²) in [7, 11) is 4.03. The van der Waals surface area contributed by atoms with Crippen LogP contribution in [0, 0.1) is 6.92 Å². The number of hydrogen-bond donors (Lipinski definition) is 1. The Labute approximate surface area is 145 Å². The van der Waals surface area contributed by atoms with E-state index in [9.17, 15) is 4.79 Å². The van der Waals surface area contributed by atoms with Crippen LogP contribution in [0.25, 0.3) is 0 Å². The van der Waals surface area contributed by atoms with Gasteiger partial charge in [0.15, 0.2) is 0 Å². The van der Waals surface area contributed by atoms with Gasteiger partial charge in [-0.2, -0.15) is 5.10 Å². The van der Waals surface area contributed by atoms with Crippen molar-refractivity contribution in [3.63, 3.8) is 0 Å². The lowest BCUT2D eigenvalue weighted by molar-refractivity contribution is 0.102. The van der Waals surface area contributed by atoms with Crippen molar-refractivity contribution < 1.29 is 4.79 Å². The summed E-state index contributed by atoms with van der Waals surface area (Å²) in [6.45, 7) is 2.55. The summed E-state index contributed by atoms with van der Waals surface area (Å²) >= 11 is 1.45. The minimum absolute atomic E-state index is 0.0906. The summed E-state index contributed by atoms with van der Waals surface area (Å²) in [5.74, 6) is 0.608. The number of rotatable bonds is 5. The highest BCUT2D eigenvalue weighted by Crippen LogP contribution is 2.19. The summed E-state index contributed by atoms with van der Waals surface area (Å²) in [5.41, 5.74) is 3.27. The second kappa shape index (κ2) is 6.88. The fraction of sp³-hybridized carbons (Fsp3) is 0.222. The van der Waals surface area contributed by atoms with Gasteiger partial charge in [-0.1, -0.05) is 12.1 Å².